The van der Waals surface area contributed by atoms with Gasteiger partial charge in [-0.15, -0.1) is 0 Å². The lowest BCUT2D eigenvalue weighted by atomic mass is 10.1. The number of hydrogen-bond acceptors (Lipinski definition) is 4. The van der Waals surface area contributed by atoms with Gasteiger partial charge in [-0.05, 0) is 42.8 Å². The third-order valence-electron chi connectivity index (χ3n) is 3.14. The zero-order valence-corrected chi connectivity index (χ0v) is 15.7. The molecule has 0 N–H and O–H groups in total. The van der Waals surface area contributed by atoms with Gasteiger partial charge in [0.15, 0.2) is 0 Å². The zero-order valence-electron chi connectivity index (χ0n) is 14.1. The molecule has 0 spiro atoms. The molecule has 1 aromatic rings. The van der Waals surface area contributed by atoms with E-state index < -0.39 is 28.0 Å². The predicted octanol–water partition coefficient (Wildman–Crippen LogP) is 4.95. The number of ether oxygens (including phenoxy) is 1. The van der Waals surface area contributed by atoms with Gasteiger partial charge in [0.05, 0.1) is 17.1 Å². The van der Waals surface area contributed by atoms with E-state index in [2.05, 4.69) is 6.58 Å². The molecule has 0 heterocycles. The summed E-state index contributed by atoms with van der Waals surface area (Å²) in [6, 6.07) is 3.97. The van der Waals surface area contributed by atoms with Crippen molar-refractivity contribution >= 4 is 21.7 Å². The molecule has 0 bridgehead atoms. The lowest BCUT2D eigenvalue weighted by Gasteiger charge is -2.18. The van der Waals surface area contributed by atoms with Crippen molar-refractivity contribution in [2.75, 3.05) is 13.7 Å². The second-order valence-electron chi connectivity index (χ2n) is 5.14. The number of benzene rings is 1. The molecule has 1 atom stereocenters. The zero-order chi connectivity index (χ0) is 20.0. The van der Waals surface area contributed by atoms with Crippen molar-refractivity contribution in [3.8, 4) is 0 Å². The SMILES string of the molecule is C=C/C(=C\C=C(/C)Cl)S(=O)(=O)OC(COC)c1ccc(C(F)(F)F)cc1. The summed E-state index contributed by atoms with van der Waals surface area (Å²) in [4.78, 5) is -0.245. The van der Waals surface area contributed by atoms with E-state index in [0.717, 1.165) is 30.3 Å². The van der Waals surface area contributed by atoms with E-state index in [-0.39, 0.29) is 17.1 Å². The number of halogens is 4. The molecule has 0 aliphatic carbocycles. The fraction of sp³-hybridized carbons (Fsp3) is 0.294. The van der Waals surface area contributed by atoms with Crippen LogP contribution in [0, 0.1) is 0 Å². The average molecular weight is 411 g/mol. The van der Waals surface area contributed by atoms with E-state index in [1.54, 1.807) is 6.92 Å². The highest BCUT2D eigenvalue weighted by atomic mass is 35.5. The van der Waals surface area contributed by atoms with E-state index in [1.807, 2.05) is 0 Å². The summed E-state index contributed by atoms with van der Waals surface area (Å²) in [5.74, 6) is 0. The predicted molar refractivity (Wildman–Crippen MR) is 94.0 cm³/mol. The summed E-state index contributed by atoms with van der Waals surface area (Å²) in [5, 5.41) is 0.343. The minimum absolute atomic E-state index is 0.181. The summed E-state index contributed by atoms with van der Waals surface area (Å²) in [6.45, 7) is 4.79. The average Bonchev–Trinajstić information content (AvgIpc) is 2.53. The molecule has 4 nitrogen and oxygen atoms in total. The van der Waals surface area contributed by atoms with Gasteiger partial charge in [-0.3, -0.25) is 4.18 Å². The van der Waals surface area contributed by atoms with Crippen LogP contribution in [0.5, 0.6) is 0 Å². The van der Waals surface area contributed by atoms with Crippen LogP contribution in [0.4, 0.5) is 13.2 Å². The Kier molecular flexibility index (Phi) is 8.08. The van der Waals surface area contributed by atoms with Gasteiger partial charge in [0.1, 0.15) is 6.10 Å². The van der Waals surface area contributed by atoms with Gasteiger partial charge >= 0.3 is 6.18 Å². The maximum atomic E-state index is 12.7. The third-order valence-corrected chi connectivity index (χ3v) is 4.63. The van der Waals surface area contributed by atoms with Crippen LogP contribution in [0.25, 0.3) is 0 Å². The highest BCUT2D eigenvalue weighted by molar-refractivity contribution is 7.90. The lowest BCUT2D eigenvalue weighted by molar-refractivity contribution is -0.137. The van der Waals surface area contributed by atoms with E-state index in [9.17, 15) is 21.6 Å². The van der Waals surface area contributed by atoms with Crippen LogP contribution >= 0.6 is 11.6 Å². The summed E-state index contributed by atoms with van der Waals surface area (Å²) >= 11 is 5.67. The van der Waals surface area contributed by atoms with Gasteiger partial charge in [0.25, 0.3) is 10.1 Å². The van der Waals surface area contributed by atoms with Gasteiger partial charge in [-0.1, -0.05) is 30.3 Å². The largest absolute Gasteiger partial charge is 0.416 e. The number of methoxy groups -OCH3 is 1. The molecule has 0 radical (unpaired) electrons. The first-order chi connectivity index (χ1) is 12.0. The molecule has 0 saturated carbocycles. The second kappa shape index (κ2) is 9.36. The van der Waals surface area contributed by atoms with Crippen LogP contribution in [0.2, 0.25) is 0 Å². The van der Waals surface area contributed by atoms with Crippen molar-refractivity contribution in [3.63, 3.8) is 0 Å². The van der Waals surface area contributed by atoms with Gasteiger partial charge < -0.3 is 4.74 Å². The van der Waals surface area contributed by atoms with E-state index in [1.165, 1.54) is 19.3 Å². The Labute approximate surface area is 155 Å². The number of allylic oxidation sites excluding steroid dienone is 4. The van der Waals surface area contributed by atoms with Crippen LogP contribution in [0.1, 0.15) is 24.2 Å². The summed E-state index contributed by atoms with van der Waals surface area (Å²) in [5.41, 5.74) is -0.634. The molecule has 26 heavy (non-hydrogen) atoms. The number of rotatable bonds is 8. The number of alkyl halides is 3. The van der Waals surface area contributed by atoms with Crippen LogP contribution in [-0.4, -0.2) is 22.1 Å². The quantitative estimate of drug-likeness (QED) is 0.449. The fourth-order valence-electron chi connectivity index (χ4n) is 1.88. The Bertz CT molecular complexity index is 777. The molecule has 0 fully saturated rings. The standard InChI is InChI=1S/C17H18ClF3O4S/c1-4-15(10-5-12(2)18)26(22,23)25-16(11-24-3)13-6-8-14(9-7-13)17(19,20)21/h4-10,16H,1,11H2,2-3H3/b12-5+,15-10+. The van der Waals surface area contributed by atoms with Gasteiger partial charge in [0, 0.05) is 12.1 Å². The third kappa shape index (κ3) is 6.60. The molecule has 1 unspecified atom stereocenters. The van der Waals surface area contributed by atoms with Gasteiger partial charge in [-0.2, -0.15) is 21.6 Å². The highest BCUT2D eigenvalue weighted by Crippen LogP contribution is 2.31. The monoisotopic (exact) mass is 410 g/mol. The van der Waals surface area contributed by atoms with Crippen molar-refractivity contribution in [2.45, 2.75) is 19.2 Å². The van der Waals surface area contributed by atoms with Crippen LogP contribution < -0.4 is 0 Å². The van der Waals surface area contributed by atoms with E-state index >= 15 is 0 Å². The molecule has 9 heteroatoms. The summed E-state index contributed by atoms with van der Waals surface area (Å²) < 4.78 is 72.8. The molecule has 0 aliphatic rings. The molecular formula is C17H18ClF3O4S. The van der Waals surface area contributed by atoms with Crippen molar-refractivity contribution in [3.05, 3.63) is 70.1 Å². The Balaban J connectivity index is 3.16. The fourth-order valence-corrected chi connectivity index (χ4v) is 2.96. The molecule has 0 saturated heterocycles. The van der Waals surface area contributed by atoms with Crippen molar-refractivity contribution in [1.29, 1.82) is 0 Å². The minimum Gasteiger partial charge on any atom is -0.382 e. The maximum absolute atomic E-state index is 12.7. The van der Waals surface area contributed by atoms with Crippen molar-refractivity contribution < 1.29 is 30.5 Å². The van der Waals surface area contributed by atoms with Gasteiger partial charge in [-0.25, -0.2) is 0 Å². The van der Waals surface area contributed by atoms with Crippen molar-refractivity contribution in [2.24, 2.45) is 0 Å². The second-order valence-corrected chi connectivity index (χ2v) is 7.31. The Hall–Kier alpha value is -1.61. The Morgan fingerprint density at radius 2 is 1.85 bits per heavy atom. The van der Waals surface area contributed by atoms with Crippen LogP contribution in [-0.2, 0) is 25.2 Å². The minimum atomic E-state index is -4.49. The Morgan fingerprint density at radius 1 is 1.27 bits per heavy atom. The Morgan fingerprint density at radius 3 is 2.27 bits per heavy atom. The summed E-state index contributed by atoms with van der Waals surface area (Å²) in [7, 11) is -2.92. The normalized spacial score (nSPS) is 15.0. The number of hydrogen-bond donors (Lipinski definition) is 0. The van der Waals surface area contributed by atoms with Crippen LogP contribution in [0.3, 0.4) is 0 Å². The lowest BCUT2D eigenvalue weighted by Crippen LogP contribution is -2.17. The van der Waals surface area contributed by atoms with Crippen LogP contribution in [0.15, 0.2) is 59.0 Å². The van der Waals surface area contributed by atoms with E-state index in [4.69, 9.17) is 20.5 Å². The molecule has 144 valence electrons. The molecule has 1 rings (SSSR count). The smallest absolute Gasteiger partial charge is 0.382 e. The first-order valence-electron chi connectivity index (χ1n) is 7.27. The maximum Gasteiger partial charge on any atom is 0.416 e. The first kappa shape index (κ1) is 22.4. The summed E-state index contributed by atoms with van der Waals surface area (Å²) in [6.07, 6.45) is -1.99. The first-order valence-corrected chi connectivity index (χ1v) is 9.05. The molecule has 0 amide bonds. The molecule has 0 aliphatic heterocycles. The van der Waals surface area contributed by atoms with E-state index in [0.29, 0.717) is 5.03 Å². The highest BCUT2D eigenvalue weighted by Gasteiger charge is 2.31. The topological polar surface area (TPSA) is 52.6 Å². The molecular weight excluding hydrogens is 393 g/mol. The van der Waals surface area contributed by atoms with Crippen molar-refractivity contribution in [1.82, 2.24) is 0 Å². The molecule has 1 aromatic carbocycles. The molecule has 0 aromatic heterocycles. The van der Waals surface area contributed by atoms with Gasteiger partial charge in [0.2, 0.25) is 0 Å².